The average Bonchev–Trinajstić information content (AvgIpc) is 2.36. The quantitative estimate of drug-likeness (QED) is 0.493. The molecular formula is C17H36O3. The van der Waals surface area contributed by atoms with Gasteiger partial charge in [-0.05, 0) is 46.0 Å². The first kappa shape index (κ1) is 19.9. The van der Waals surface area contributed by atoms with Gasteiger partial charge in [-0.15, -0.1) is 0 Å². The fourth-order valence-corrected chi connectivity index (χ4v) is 1.90. The minimum Gasteiger partial charge on any atom is -0.324 e. The van der Waals surface area contributed by atoms with Crippen LogP contribution in [0.5, 0.6) is 0 Å². The molecule has 0 rings (SSSR count). The zero-order valence-electron chi connectivity index (χ0n) is 14.9. The van der Waals surface area contributed by atoms with E-state index in [-0.39, 0.29) is 18.3 Å². The number of rotatable bonds is 11. The molecule has 3 atom stereocenters. The maximum absolute atomic E-state index is 6.20. The lowest BCUT2D eigenvalue weighted by atomic mass is 10.1. The third-order valence-electron chi connectivity index (χ3n) is 3.53. The summed E-state index contributed by atoms with van der Waals surface area (Å²) < 4.78 is 18.6. The van der Waals surface area contributed by atoms with Crippen LogP contribution in [0.4, 0.5) is 0 Å². The summed E-state index contributed by atoms with van der Waals surface area (Å²) in [6.45, 7) is 17.0. The van der Waals surface area contributed by atoms with Gasteiger partial charge < -0.3 is 14.2 Å². The van der Waals surface area contributed by atoms with Crippen LogP contribution < -0.4 is 0 Å². The molecule has 0 fully saturated rings. The lowest BCUT2D eigenvalue weighted by Crippen LogP contribution is -2.46. The van der Waals surface area contributed by atoms with E-state index in [9.17, 15) is 0 Å². The van der Waals surface area contributed by atoms with Crippen LogP contribution in [0.15, 0.2) is 0 Å². The second kappa shape index (κ2) is 9.75. The lowest BCUT2D eigenvalue weighted by molar-refractivity contribution is -0.419. The van der Waals surface area contributed by atoms with Crippen LogP contribution in [0, 0.1) is 5.92 Å². The van der Waals surface area contributed by atoms with Crippen molar-refractivity contribution in [3.8, 4) is 0 Å². The van der Waals surface area contributed by atoms with Gasteiger partial charge in [-0.1, -0.05) is 34.6 Å². The molecule has 0 aliphatic heterocycles. The Labute approximate surface area is 126 Å². The first-order valence-electron chi connectivity index (χ1n) is 8.31. The van der Waals surface area contributed by atoms with E-state index < -0.39 is 5.97 Å². The van der Waals surface area contributed by atoms with Gasteiger partial charge in [0.1, 0.15) is 0 Å². The number of hydrogen-bond acceptors (Lipinski definition) is 3. The summed E-state index contributed by atoms with van der Waals surface area (Å²) in [5.41, 5.74) is 0. The molecule has 0 radical (unpaired) electrons. The molecule has 0 aromatic carbocycles. The second-order valence-corrected chi connectivity index (χ2v) is 6.29. The highest BCUT2D eigenvalue weighted by Crippen LogP contribution is 2.31. The molecule has 20 heavy (non-hydrogen) atoms. The van der Waals surface area contributed by atoms with Gasteiger partial charge in [0.25, 0.3) is 5.97 Å². The molecule has 0 saturated heterocycles. The van der Waals surface area contributed by atoms with Crippen molar-refractivity contribution >= 4 is 0 Å². The van der Waals surface area contributed by atoms with E-state index >= 15 is 0 Å². The second-order valence-electron chi connectivity index (χ2n) is 6.29. The van der Waals surface area contributed by atoms with Crippen LogP contribution in [0.2, 0.25) is 0 Å². The van der Waals surface area contributed by atoms with Crippen LogP contribution in [0.3, 0.4) is 0 Å². The molecular weight excluding hydrogens is 252 g/mol. The summed E-state index contributed by atoms with van der Waals surface area (Å²) >= 11 is 0. The molecule has 0 heterocycles. The highest BCUT2D eigenvalue weighted by Gasteiger charge is 2.39. The third kappa shape index (κ3) is 7.61. The van der Waals surface area contributed by atoms with Crippen molar-refractivity contribution in [1.82, 2.24) is 0 Å². The average molecular weight is 288 g/mol. The molecule has 0 aromatic heterocycles. The minimum absolute atomic E-state index is 0.127. The summed E-state index contributed by atoms with van der Waals surface area (Å²) in [4.78, 5) is 0. The van der Waals surface area contributed by atoms with Crippen molar-refractivity contribution in [2.75, 3.05) is 0 Å². The fraction of sp³-hybridized carbons (Fsp3) is 1.00. The van der Waals surface area contributed by atoms with Gasteiger partial charge in [0.2, 0.25) is 0 Å². The Morgan fingerprint density at radius 3 is 1.15 bits per heavy atom. The Morgan fingerprint density at radius 2 is 0.950 bits per heavy atom. The van der Waals surface area contributed by atoms with Crippen LogP contribution >= 0.6 is 0 Å². The van der Waals surface area contributed by atoms with Gasteiger partial charge in [-0.3, -0.25) is 0 Å². The SMILES string of the molecule is CCC(C)OC(CC(C)C)(OC(C)CC)OC(C)CC. The van der Waals surface area contributed by atoms with E-state index in [4.69, 9.17) is 14.2 Å². The topological polar surface area (TPSA) is 27.7 Å². The maximum Gasteiger partial charge on any atom is 0.283 e. The largest absolute Gasteiger partial charge is 0.324 e. The summed E-state index contributed by atoms with van der Waals surface area (Å²) in [7, 11) is 0. The molecule has 0 amide bonds. The zero-order chi connectivity index (χ0) is 15.8. The standard InChI is InChI=1S/C17H36O3/c1-9-14(6)18-17(12-13(4)5,19-15(7)10-2)20-16(8)11-3/h13-16H,9-12H2,1-8H3. The first-order chi connectivity index (χ1) is 9.28. The van der Waals surface area contributed by atoms with Crippen molar-refractivity contribution in [2.45, 2.75) is 105 Å². The number of hydrogen-bond donors (Lipinski definition) is 0. The Kier molecular flexibility index (Phi) is 9.69. The molecule has 0 aliphatic carbocycles. The van der Waals surface area contributed by atoms with Crippen molar-refractivity contribution in [3.63, 3.8) is 0 Å². The van der Waals surface area contributed by atoms with Crippen LogP contribution in [0.1, 0.15) is 81.1 Å². The van der Waals surface area contributed by atoms with Crippen molar-refractivity contribution in [1.29, 1.82) is 0 Å². The molecule has 3 unspecified atom stereocenters. The third-order valence-corrected chi connectivity index (χ3v) is 3.53. The summed E-state index contributed by atoms with van der Waals surface area (Å²) in [5.74, 6) is -0.457. The summed E-state index contributed by atoms with van der Waals surface area (Å²) in [5, 5.41) is 0. The van der Waals surface area contributed by atoms with Gasteiger partial charge in [-0.2, -0.15) is 0 Å². The Bertz CT molecular complexity index is 209. The lowest BCUT2D eigenvalue weighted by Gasteiger charge is -2.40. The number of ether oxygens (including phenoxy) is 3. The summed E-state index contributed by atoms with van der Waals surface area (Å²) in [6, 6.07) is 0. The molecule has 0 bridgehead atoms. The van der Waals surface area contributed by atoms with E-state index in [1.807, 2.05) is 0 Å². The molecule has 0 N–H and O–H groups in total. The normalized spacial score (nSPS) is 19.6. The monoisotopic (exact) mass is 288 g/mol. The maximum atomic E-state index is 6.20. The van der Waals surface area contributed by atoms with E-state index in [0.29, 0.717) is 5.92 Å². The van der Waals surface area contributed by atoms with E-state index in [1.165, 1.54) is 0 Å². The molecule has 3 heteroatoms. The molecule has 0 aliphatic rings. The first-order valence-corrected chi connectivity index (χ1v) is 8.31. The highest BCUT2D eigenvalue weighted by molar-refractivity contribution is 4.68. The smallest absolute Gasteiger partial charge is 0.283 e. The highest BCUT2D eigenvalue weighted by atomic mass is 16.9. The van der Waals surface area contributed by atoms with Gasteiger partial charge in [0.15, 0.2) is 0 Å². The van der Waals surface area contributed by atoms with E-state index in [2.05, 4.69) is 55.4 Å². The van der Waals surface area contributed by atoms with E-state index in [0.717, 1.165) is 25.7 Å². The van der Waals surface area contributed by atoms with Crippen LogP contribution in [0.25, 0.3) is 0 Å². The molecule has 0 spiro atoms. The molecule has 0 aromatic rings. The van der Waals surface area contributed by atoms with Gasteiger partial charge in [-0.25, -0.2) is 0 Å². The zero-order valence-corrected chi connectivity index (χ0v) is 14.9. The van der Waals surface area contributed by atoms with Gasteiger partial charge in [0.05, 0.1) is 18.3 Å². The summed E-state index contributed by atoms with van der Waals surface area (Å²) in [6.07, 6.45) is 3.99. The van der Waals surface area contributed by atoms with Crippen LogP contribution in [-0.2, 0) is 14.2 Å². The predicted octanol–water partition coefficient (Wildman–Crippen LogP) is 5.13. The van der Waals surface area contributed by atoms with Crippen LogP contribution in [-0.4, -0.2) is 24.3 Å². The molecule has 3 nitrogen and oxygen atoms in total. The fourth-order valence-electron chi connectivity index (χ4n) is 1.90. The van der Waals surface area contributed by atoms with E-state index in [1.54, 1.807) is 0 Å². The van der Waals surface area contributed by atoms with Crippen molar-refractivity contribution < 1.29 is 14.2 Å². The molecule has 0 saturated carbocycles. The van der Waals surface area contributed by atoms with Gasteiger partial charge in [0, 0.05) is 6.42 Å². The van der Waals surface area contributed by atoms with Crippen molar-refractivity contribution in [3.05, 3.63) is 0 Å². The Hall–Kier alpha value is -0.120. The van der Waals surface area contributed by atoms with Crippen molar-refractivity contribution in [2.24, 2.45) is 5.92 Å². The Balaban J connectivity index is 5.14. The predicted molar refractivity (Wildman–Crippen MR) is 84.7 cm³/mol. The van der Waals surface area contributed by atoms with Gasteiger partial charge >= 0.3 is 0 Å². The minimum atomic E-state index is -0.908. The Morgan fingerprint density at radius 1 is 0.650 bits per heavy atom. The molecule has 122 valence electrons.